The molecule has 0 saturated carbocycles. The summed E-state index contributed by atoms with van der Waals surface area (Å²) in [5.74, 6) is 4.54. The summed E-state index contributed by atoms with van der Waals surface area (Å²) < 4.78 is 0. The number of nitrogen functional groups attached to an aromatic ring is 2. The van der Waals surface area contributed by atoms with E-state index in [2.05, 4.69) is 93.4 Å². The summed E-state index contributed by atoms with van der Waals surface area (Å²) in [6, 6.07) is 0. The molecule has 316 valence electrons. The van der Waals surface area contributed by atoms with Crippen molar-refractivity contribution in [3.63, 3.8) is 0 Å². The van der Waals surface area contributed by atoms with Crippen molar-refractivity contribution in [1.29, 1.82) is 5.41 Å². The molecule has 4 heterocycles. The number of hydrogen-bond acceptors (Lipinski definition) is 20. The number of aromatic amines is 1. The SMILES string of the molecule is CN(C)C(N)=NC(=N)N.CN(C)C1=NC(C)(C)C(C)(C)NC(N)=N1.CN(C)C1=NC(C)(C)NC(N)=N1.CN(C)c1n[nH]c(N)n1.Cc1nc(N)nc(N(C)C)n1. The van der Waals surface area contributed by atoms with Crippen LogP contribution in [0.15, 0.2) is 25.0 Å². The Labute approximate surface area is 330 Å². The number of nitrogens with two attached hydrogens (primary N) is 6. The van der Waals surface area contributed by atoms with Crippen molar-refractivity contribution in [2.45, 2.75) is 65.2 Å². The summed E-state index contributed by atoms with van der Waals surface area (Å²) in [7, 11) is 18.4. The molecule has 2 aliphatic rings. The Morgan fingerprint density at radius 3 is 1.46 bits per heavy atom. The van der Waals surface area contributed by atoms with Gasteiger partial charge in [-0.05, 0) is 48.5 Å². The van der Waals surface area contributed by atoms with Crippen LogP contribution in [-0.4, -0.2) is 168 Å². The van der Waals surface area contributed by atoms with Crippen LogP contribution in [0.2, 0.25) is 0 Å². The third-order valence-electron chi connectivity index (χ3n) is 7.14. The summed E-state index contributed by atoms with van der Waals surface area (Å²) in [6.45, 7) is 13.9. The van der Waals surface area contributed by atoms with E-state index in [1.807, 2.05) is 80.0 Å². The number of nitrogens with zero attached hydrogens (tertiary/aromatic N) is 15. The number of H-pyrrole nitrogens is 1. The molecular formula is C31H67N25. The minimum absolute atomic E-state index is 0.224. The summed E-state index contributed by atoms with van der Waals surface area (Å²) in [6.07, 6.45) is 0. The standard InChI is InChI=1S/C10H21N5.C7H15N5.C6H11N5.C4H9N5.C4H11N5/c1-9(2)10(3,4)14-8(15(5)6)12-7(11)13-9;1-7(2)10-5(8)9-6(11-7)12(3)4;1-4-8-5(7)10-6(9-4)11(2)3;1-9(2)4-6-3(5)7-8-4;1-9(2)4(7)8-3(5)6/h1-6H3,(H3,11,12,13,14);1-4H3,(H3,8,9,10,11);1-3H3,(H2,7,8,9,10);1-2H3,(H3,5,6,7,8);1-2H3,(H5,5,6,7,8). The predicted molar refractivity (Wildman–Crippen MR) is 230 cm³/mol. The molecule has 2 aromatic rings. The first kappa shape index (κ1) is 49.6. The average Bonchev–Trinajstić information content (AvgIpc) is 3.43. The number of rotatable bonds is 2. The van der Waals surface area contributed by atoms with Crippen LogP contribution in [0.1, 0.15) is 47.4 Å². The average molecular weight is 790 g/mol. The lowest BCUT2D eigenvalue weighted by Gasteiger charge is -2.38. The van der Waals surface area contributed by atoms with Crippen molar-refractivity contribution in [3.8, 4) is 0 Å². The second-order valence-electron chi connectivity index (χ2n) is 14.7. The molecule has 2 aromatic heterocycles. The van der Waals surface area contributed by atoms with Crippen LogP contribution in [0.25, 0.3) is 0 Å². The minimum Gasteiger partial charge on any atom is -0.370 e. The van der Waals surface area contributed by atoms with Gasteiger partial charge in [-0.3, -0.25) is 5.41 Å². The number of guanidine groups is 6. The molecule has 2 aliphatic heterocycles. The second-order valence-corrected chi connectivity index (χ2v) is 14.7. The van der Waals surface area contributed by atoms with E-state index in [0.717, 1.165) is 0 Å². The molecule has 16 N–H and O–H groups in total. The van der Waals surface area contributed by atoms with Gasteiger partial charge in [0.05, 0.1) is 11.1 Å². The van der Waals surface area contributed by atoms with E-state index in [1.165, 1.54) is 0 Å². The highest BCUT2D eigenvalue weighted by atomic mass is 15.4. The lowest BCUT2D eigenvalue weighted by Crippen LogP contribution is -2.57. The highest BCUT2D eigenvalue weighted by molar-refractivity contribution is 5.96. The molecule has 4 rings (SSSR count). The zero-order chi connectivity index (χ0) is 43.9. The van der Waals surface area contributed by atoms with E-state index in [-0.39, 0.29) is 34.6 Å². The van der Waals surface area contributed by atoms with Crippen LogP contribution in [0.4, 0.5) is 23.8 Å². The number of aromatic nitrogens is 6. The number of hydrogen-bond donors (Lipinski definition) is 10. The number of aryl methyl sites for hydroxylation is 1. The smallest absolute Gasteiger partial charge is 0.245 e. The fourth-order valence-electron chi connectivity index (χ4n) is 3.55. The Morgan fingerprint density at radius 2 is 1.12 bits per heavy atom. The molecule has 0 aromatic carbocycles. The first-order valence-electron chi connectivity index (χ1n) is 17.0. The molecule has 0 bridgehead atoms. The molecule has 0 unspecified atom stereocenters. The first-order valence-corrected chi connectivity index (χ1v) is 17.0. The summed E-state index contributed by atoms with van der Waals surface area (Å²) in [5.41, 5.74) is 31.4. The molecule has 0 amide bonds. The van der Waals surface area contributed by atoms with E-state index >= 15 is 0 Å². The summed E-state index contributed by atoms with van der Waals surface area (Å²) in [5, 5.41) is 19.1. The third kappa shape index (κ3) is 18.1. The van der Waals surface area contributed by atoms with Gasteiger partial charge in [0.2, 0.25) is 41.7 Å². The molecule has 0 aliphatic carbocycles. The summed E-state index contributed by atoms with van der Waals surface area (Å²) in [4.78, 5) is 45.1. The van der Waals surface area contributed by atoms with Gasteiger partial charge >= 0.3 is 0 Å². The maximum Gasteiger partial charge on any atom is 0.245 e. The first-order chi connectivity index (χ1) is 25.4. The van der Waals surface area contributed by atoms with E-state index in [9.17, 15) is 0 Å². The van der Waals surface area contributed by atoms with Crippen molar-refractivity contribution < 1.29 is 0 Å². The molecule has 56 heavy (non-hydrogen) atoms. The van der Waals surface area contributed by atoms with Gasteiger partial charge < -0.3 is 69.5 Å². The molecule has 0 saturated heterocycles. The van der Waals surface area contributed by atoms with Gasteiger partial charge in [0.15, 0.2) is 17.9 Å². The predicted octanol–water partition coefficient (Wildman–Crippen LogP) is -2.03. The van der Waals surface area contributed by atoms with Gasteiger partial charge in [0.1, 0.15) is 11.5 Å². The number of aliphatic imine (C=N–C) groups is 5. The van der Waals surface area contributed by atoms with Gasteiger partial charge in [-0.1, -0.05) is 0 Å². The van der Waals surface area contributed by atoms with Gasteiger partial charge in [-0.15, -0.1) is 5.10 Å². The molecular weight excluding hydrogens is 723 g/mol. The fraction of sp³-hybridized carbons (Fsp3) is 0.645. The summed E-state index contributed by atoms with van der Waals surface area (Å²) >= 11 is 0. The Hall–Kier alpha value is -6.43. The molecule has 25 nitrogen and oxygen atoms in total. The number of anilines is 4. The monoisotopic (exact) mass is 790 g/mol. The zero-order valence-corrected chi connectivity index (χ0v) is 36.2. The van der Waals surface area contributed by atoms with E-state index in [0.29, 0.717) is 47.5 Å². The Balaban J connectivity index is 0.000000685. The quantitative estimate of drug-likeness (QED) is 0.116. The number of nitrogens with one attached hydrogen (secondary N) is 4. The molecule has 0 spiro atoms. The molecule has 0 atom stereocenters. The van der Waals surface area contributed by atoms with Gasteiger partial charge in [0, 0.05) is 70.5 Å². The Morgan fingerprint density at radius 1 is 0.643 bits per heavy atom. The maximum absolute atomic E-state index is 6.70. The molecule has 25 heteroatoms. The van der Waals surface area contributed by atoms with Crippen molar-refractivity contribution in [1.82, 2.24) is 55.5 Å². The van der Waals surface area contributed by atoms with Crippen molar-refractivity contribution >= 4 is 59.6 Å². The molecule has 0 fully saturated rings. The largest absolute Gasteiger partial charge is 0.370 e. The highest BCUT2D eigenvalue weighted by Gasteiger charge is 2.39. The Kier molecular flexibility index (Phi) is 18.5. The van der Waals surface area contributed by atoms with Gasteiger partial charge in [0.25, 0.3) is 0 Å². The van der Waals surface area contributed by atoms with E-state index < -0.39 is 0 Å². The van der Waals surface area contributed by atoms with Crippen LogP contribution in [-0.2, 0) is 0 Å². The zero-order valence-electron chi connectivity index (χ0n) is 36.2. The third-order valence-corrected chi connectivity index (χ3v) is 7.14. The van der Waals surface area contributed by atoms with Crippen LogP contribution in [0.5, 0.6) is 0 Å². The van der Waals surface area contributed by atoms with Crippen molar-refractivity contribution in [3.05, 3.63) is 5.82 Å². The van der Waals surface area contributed by atoms with Crippen LogP contribution in [0, 0.1) is 12.3 Å². The van der Waals surface area contributed by atoms with Crippen LogP contribution in [0.3, 0.4) is 0 Å². The van der Waals surface area contributed by atoms with Crippen LogP contribution >= 0.6 is 0 Å². The fourth-order valence-corrected chi connectivity index (χ4v) is 3.55. The van der Waals surface area contributed by atoms with Gasteiger partial charge in [-0.2, -0.15) is 34.9 Å². The lowest BCUT2D eigenvalue weighted by atomic mass is 9.83. The van der Waals surface area contributed by atoms with Crippen molar-refractivity contribution in [2.75, 3.05) is 91.7 Å². The molecule has 0 radical (unpaired) electrons. The van der Waals surface area contributed by atoms with E-state index in [1.54, 1.807) is 35.7 Å². The lowest BCUT2D eigenvalue weighted by molar-refractivity contribution is 0.280. The van der Waals surface area contributed by atoms with Crippen LogP contribution < -0.4 is 54.8 Å². The van der Waals surface area contributed by atoms with Crippen molar-refractivity contribution in [2.24, 2.45) is 47.9 Å². The van der Waals surface area contributed by atoms with Gasteiger partial charge in [-0.25, -0.2) is 15.1 Å². The normalized spacial score (nSPS) is 15.9. The maximum atomic E-state index is 6.70. The minimum atomic E-state index is -0.356. The second kappa shape index (κ2) is 20.9. The topological polar surface area (TPSA) is 362 Å². The Bertz CT molecular complexity index is 1690. The van der Waals surface area contributed by atoms with E-state index in [4.69, 9.17) is 39.8 Å². The highest BCUT2D eigenvalue weighted by Crippen LogP contribution is 2.27.